The standard InChI is InChI=1S/C17H22N2O3/c1-11-5-4-8-19(10-11)12(2)16(20)13-6-7-14-15(9-13)22-17(21)18(14)3/h6-7,9,11-12H,4-5,8,10H2,1-3H3. The van der Waals surface area contributed by atoms with Crippen LogP contribution in [0.4, 0.5) is 0 Å². The lowest BCUT2D eigenvalue weighted by molar-refractivity contribution is 0.0765. The van der Waals surface area contributed by atoms with E-state index in [-0.39, 0.29) is 11.8 Å². The Morgan fingerprint density at radius 1 is 1.41 bits per heavy atom. The van der Waals surface area contributed by atoms with Gasteiger partial charge in [-0.2, -0.15) is 0 Å². The molecule has 0 bridgehead atoms. The van der Waals surface area contributed by atoms with Gasteiger partial charge >= 0.3 is 5.76 Å². The molecule has 2 heterocycles. The lowest BCUT2D eigenvalue weighted by Crippen LogP contribution is -2.44. The molecule has 0 saturated carbocycles. The van der Waals surface area contributed by atoms with E-state index in [1.807, 2.05) is 6.92 Å². The SMILES string of the molecule is CC1CCCN(C(C)C(=O)c2ccc3c(c2)oc(=O)n3C)C1. The highest BCUT2D eigenvalue weighted by atomic mass is 16.4. The Morgan fingerprint density at radius 3 is 2.91 bits per heavy atom. The molecule has 0 radical (unpaired) electrons. The number of likely N-dealkylation sites (tertiary alicyclic amines) is 1. The first-order valence-corrected chi connectivity index (χ1v) is 7.85. The molecule has 1 fully saturated rings. The number of piperidine rings is 1. The van der Waals surface area contributed by atoms with Crippen molar-refractivity contribution < 1.29 is 9.21 Å². The Morgan fingerprint density at radius 2 is 2.18 bits per heavy atom. The van der Waals surface area contributed by atoms with E-state index < -0.39 is 5.76 Å². The first kappa shape index (κ1) is 15.0. The summed E-state index contributed by atoms with van der Waals surface area (Å²) >= 11 is 0. The Bertz CT molecular complexity index is 759. The predicted octanol–water partition coefficient (Wildman–Crippen LogP) is 2.43. The van der Waals surface area contributed by atoms with Gasteiger partial charge in [0, 0.05) is 19.2 Å². The molecule has 1 aromatic heterocycles. The van der Waals surface area contributed by atoms with Crippen LogP contribution in [-0.2, 0) is 7.05 Å². The van der Waals surface area contributed by atoms with Crippen LogP contribution in [0.2, 0.25) is 0 Å². The molecule has 5 heteroatoms. The third-order valence-corrected chi connectivity index (χ3v) is 4.69. The molecule has 118 valence electrons. The number of Topliss-reactive ketones (excluding diaryl/α,β-unsaturated/α-hetero) is 1. The van der Waals surface area contributed by atoms with E-state index >= 15 is 0 Å². The predicted molar refractivity (Wildman–Crippen MR) is 85.2 cm³/mol. The highest BCUT2D eigenvalue weighted by molar-refractivity contribution is 6.01. The van der Waals surface area contributed by atoms with Gasteiger partial charge in [-0.15, -0.1) is 0 Å². The minimum absolute atomic E-state index is 0.0857. The monoisotopic (exact) mass is 302 g/mol. The molecule has 0 N–H and O–H groups in total. The van der Waals surface area contributed by atoms with Gasteiger partial charge in [-0.3, -0.25) is 14.3 Å². The van der Waals surface area contributed by atoms with Crippen LogP contribution in [0.1, 0.15) is 37.0 Å². The van der Waals surface area contributed by atoms with Gasteiger partial charge in [0.2, 0.25) is 0 Å². The number of carbonyl (C=O) groups is 1. The molecule has 2 aromatic rings. The van der Waals surface area contributed by atoms with Gasteiger partial charge in [-0.1, -0.05) is 6.92 Å². The first-order chi connectivity index (χ1) is 10.5. The van der Waals surface area contributed by atoms with E-state index in [0.717, 1.165) is 19.5 Å². The average Bonchev–Trinajstić information content (AvgIpc) is 2.80. The molecule has 1 aromatic carbocycles. The molecular weight excluding hydrogens is 280 g/mol. The number of hydrogen-bond donors (Lipinski definition) is 0. The minimum Gasteiger partial charge on any atom is -0.408 e. The zero-order valence-corrected chi connectivity index (χ0v) is 13.3. The number of carbonyl (C=O) groups excluding carboxylic acids is 1. The lowest BCUT2D eigenvalue weighted by Gasteiger charge is -2.34. The van der Waals surface area contributed by atoms with Crippen LogP contribution in [0.25, 0.3) is 11.1 Å². The maximum absolute atomic E-state index is 12.7. The fourth-order valence-electron chi connectivity index (χ4n) is 3.27. The summed E-state index contributed by atoms with van der Waals surface area (Å²) in [5.74, 6) is 0.318. The second-order valence-corrected chi connectivity index (χ2v) is 6.39. The molecule has 2 atom stereocenters. The number of hydrogen-bond acceptors (Lipinski definition) is 4. The van der Waals surface area contributed by atoms with Crippen molar-refractivity contribution in [2.24, 2.45) is 13.0 Å². The number of aromatic nitrogens is 1. The quantitative estimate of drug-likeness (QED) is 0.817. The third kappa shape index (κ3) is 2.61. The molecule has 0 amide bonds. The summed E-state index contributed by atoms with van der Waals surface area (Å²) in [6.45, 7) is 6.13. The summed E-state index contributed by atoms with van der Waals surface area (Å²) < 4.78 is 6.62. The van der Waals surface area contributed by atoms with E-state index in [0.29, 0.717) is 22.6 Å². The van der Waals surface area contributed by atoms with Crippen LogP contribution in [0.15, 0.2) is 27.4 Å². The van der Waals surface area contributed by atoms with E-state index in [2.05, 4.69) is 11.8 Å². The maximum atomic E-state index is 12.7. The van der Waals surface area contributed by atoms with Gasteiger partial charge in [-0.25, -0.2) is 4.79 Å². The summed E-state index contributed by atoms with van der Waals surface area (Å²) in [6.07, 6.45) is 2.38. The topological polar surface area (TPSA) is 55.5 Å². The highest BCUT2D eigenvalue weighted by Gasteiger charge is 2.26. The van der Waals surface area contributed by atoms with Crippen LogP contribution in [0, 0.1) is 5.92 Å². The van der Waals surface area contributed by atoms with Crippen LogP contribution >= 0.6 is 0 Å². The zero-order valence-electron chi connectivity index (χ0n) is 13.3. The van der Waals surface area contributed by atoms with E-state index in [1.54, 1.807) is 25.2 Å². The fourth-order valence-corrected chi connectivity index (χ4v) is 3.27. The zero-order chi connectivity index (χ0) is 15.9. The highest BCUT2D eigenvalue weighted by Crippen LogP contribution is 2.21. The number of benzene rings is 1. The van der Waals surface area contributed by atoms with Crippen molar-refractivity contribution in [3.8, 4) is 0 Å². The van der Waals surface area contributed by atoms with Crippen molar-refractivity contribution in [2.45, 2.75) is 32.7 Å². The summed E-state index contributed by atoms with van der Waals surface area (Å²) in [6, 6.07) is 5.10. The summed E-state index contributed by atoms with van der Waals surface area (Å²) in [7, 11) is 1.66. The number of ketones is 1. The number of oxazole rings is 1. The Hall–Kier alpha value is -1.88. The number of aryl methyl sites for hydroxylation is 1. The van der Waals surface area contributed by atoms with E-state index in [9.17, 15) is 9.59 Å². The lowest BCUT2D eigenvalue weighted by atomic mass is 9.96. The molecule has 0 aliphatic carbocycles. The molecule has 1 aliphatic heterocycles. The third-order valence-electron chi connectivity index (χ3n) is 4.69. The van der Waals surface area contributed by atoms with Crippen LogP contribution in [-0.4, -0.2) is 34.4 Å². The van der Waals surface area contributed by atoms with Crippen molar-refractivity contribution in [3.63, 3.8) is 0 Å². The largest absolute Gasteiger partial charge is 0.419 e. The van der Waals surface area contributed by atoms with Gasteiger partial charge < -0.3 is 4.42 Å². The number of nitrogens with zero attached hydrogens (tertiary/aromatic N) is 2. The molecule has 1 saturated heterocycles. The summed E-state index contributed by atoms with van der Waals surface area (Å²) in [5, 5.41) is 0. The summed E-state index contributed by atoms with van der Waals surface area (Å²) in [5.41, 5.74) is 1.78. The maximum Gasteiger partial charge on any atom is 0.419 e. The molecule has 5 nitrogen and oxygen atoms in total. The smallest absolute Gasteiger partial charge is 0.408 e. The van der Waals surface area contributed by atoms with Crippen molar-refractivity contribution in [1.29, 1.82) is 0 Å². The normalized spacial score (nSPS) is 21.1. The number of rotatable bonds is 3. The van der Waals surface area contributed by atoms with Crippen LogP contribution in [0.3, 0.4) is 0 Å². The van der Waals surface area contributed by atoms with Crippen LogP contribution < -0.4 is 5.76 Å². The Balaban J connectivity index is 1.86. The molecule has 1 aliphatic rings. The summed E-state index contributed by atoms with van der Waals surface area (Å²) in [4.78, 5) is 26.5. The molecule has 0 spiro atoms. The molecular formula is C17H22N2O3. The second kappa shape index (κ2) is 5.72. The van der Waals surface area contributed by atoms with Crippen molar-refractivity contribution in [2.75, 3.05) is 13.1 Å². The van der Waals surface area contributed by atoms with Gasteiger partial charge in [0.15, 0.2) is 11.4 Å². The Kier molecular flexibility index (Phi) is 3.91. The first-order valence-electron chi connectivity index (χ1n) is 7.85. The molecule has 3 rings (SSSR count). The van der Waals surface area contributed by atoms with Gasteiger partial charge in [-0.05, 0) is 50.4 Å². The Labute approximate surface area is 129 Å². The van der Waals surface area contributed by atoms with Crippen molar-refractivity contribution >= 4 is 16.9 Å². The molecule has 22 heavy (non-hydrogen) atoms. The van der Waals surface area contributed by atoms with E-state index in [1.165, 1.54) is 11.0 Å². The van der Waals surface area contributed by atoms with Gasteiger partial charge in [0.05, 0.1) is 11.6 Å². The second-order valence-electron chi connectivity index (χ2n) is 6.39. The minimum atomic E-state index is -0.405. The fraction of sp³-hybridized carbons (Fsp3) is 0.529. The van der Waals surface area contributed by atoms with Crippen LogP contribution in [0.5, 0.6) is 0 Å². The van der Waals surface area contributed by atoms with Crippen molar-refractivity contribution in [1.82, 2.24) is 9.47 Å². The van der Waals surface area contributed by atoms with Gasteiger partial charge in [0.25, 0.3) is 0 Å². The van der Waals surface area contributed by atoms with Gasteiger partial charge in [0.1, 0.15) is 0 Å². The average molecular weight is 302 g/mol. The van der Waals surface area contributed by atoms with E-state index in [4.69, 9.17) is 4.42 Å². The number of fused-ring (bicyclic) bond motifs is 1. The van der Waals surface area contributed by atoms with Crippen molar-refractivity contribution in [3.05, 3.63) is 34.3 Å². The molecule has 2 unspecified atom stereocenters.